The maximum absolute atomic E-state index is 5.39. The smallest absolute Gasteiger partial charge is 0.124 e. The number of hydrogen-bond donors (Lipinski definition) is 0. The third-order valence-corrected chi connectivity index (χ3v) is 2.81. The van der Waals surface area contributed by atoms with E-state index in [0.717, 1.165) is 12.8 Å². The maximum atomic E-state index is 5.39. The molecule has 2 unspecified atom stereocenters. The van der Waals surface area contributed by atoms with Gasteiger partial charge in [0.2, 0.25) is 0 Å². The third kappa shape index (κ3) is 3.37. The van der Waals surface area contributed by atoms with Crippen LogP contribution in [0, 0.1) is 5.92 Å². The van der Waals surface area contributed by atoms with Gasteiger partial charge in [-0.15, -0.1) is 0 Å². The lowest BCUT2D eigenvalue weighted by Crippen LogP contribution is -2.17. The molecular formula is C11H21NO. The van der Waals surface area contributed by atoms with Gasteiger partial charge >= 0.3 is 0 Å². The van der Waals surface area contributed by atoms with Crippen LogP contribution in [-0.2, 0) is 4.84 Å². The van der Waals surface area contributed by atoms with Gasteiger partial charge in [0.1, 0.15) is 6.10 Å². The summed E-state index contributed by atoms with van der Waals surface area (Å²) in [5.41, 5.74) is 1.27. The van der Waals surface area contributed by atoms with Crippen LogP contribution in [0.25, 0.3) is 0 Å². The summed E-state index contributed by atoms with van der Waals surface area (Å²) in [5, 5.41) is 4.25. The molecule has 0 aromatic rings. The minimum atomic E-state index is 0.265. The highest BCUT2D eigenvalue weighted by Crippen LogP contribution is 2.21. The summed E-state index contributed by atoms with van der Waals surface area (Å²) in [4.78, 5) is 5.39. The first-order valence-electron chi connectivity index (χ1n) is 5.46. The number of hydrogen-bond acceptors (Lipinski definition) is 2. The molecule has 1 fully saturated rings. The SMILES string of the molecule is CCC(C)O/N=C1/CCCCC1C. The molecule has 1 aliphatic carbocycles. The second-order valence-electron chi connectivity index (χ2n) is 4.05. The summed E-state index contributed by atoms with van der Waals surface area (Å²) in [6, 6.07) is 0. The monoisotopic (exact) mass is 183 g/mol. The molecule has 0 aromatic carbocycles. The highest BCUT2D eigenvalue weighted by Gasteiger charge is 2.16. The van der Waals surface area contributed by atoms with E-state index in [9.17, 15) is 0 Å². The van der Waals surface area contributed by atoms with Gasteiger partial charge in [0, 0.05) is 0 Å². The molecule has 0 radical (unpaired) electrons. The minimum absolute atomic E-state index is 0.265. The predicted octanol–water partition coefficient (Wildman–Crippen LogP) is 3.37. The van der Waals surface area contributed by atoms with E-state index in [1.54, 1.807) is 0 Å². The first-order valence-corrected chi connectivity index (χ1v) is 5.46. The van der Waals surface area contributed by atoms with Crippen LogP contribution in [0.15, 0.2) is 5.16 Å². The molecule has 2 atom stereocenters. The lowest BCUT2D eigenvalue weighted by atomic mass is 9.89. The third-order valence-electron chi connectivity index (χ3n) is 2.81. The Kier molecular flexibility index (Phi) is 4.26. The highest BCUT2D eigenvalue weighted by molar-refractivity contribution is 5.86. The number of rotatable bonds is 3. The highest BCUT2D eigenvalue weighted by atomic mass is 16.6. The largest absolute Gasteiger partial charge is 0.393 e. The zero-order valence-corrected chi connectivity index (χ0v) is 9.05. The van der Waals surface area contributed by atoms with Gasteiger partial charge in [-0.05, 0) is 38.5 Å². The Hall–Kier alpha value is -0.530. The van der Waals surface area contributed by atoms with E-state index in [1.165, 1.54) is 25.0 Å². The molecule has 0 aliphatic heterocycles. The normalized spacial score (nSPS) is 28.8. The van der Waals surface area contributed by atoms with Crippen LogP contribution in [0.4, 0.5) is 0 Å². The van der Waals surface area contributed by atoms with Crippen molar-refractivity contribution in [2.45, 2.75) is 59.0 Å². The summed E-state index contributed by atoms with van der Waals surface area (Å²) in [5.74, 6) is 0.637. The fourth-order valence-corrected chi connectivity index (χ4v) is 1.54. The van der Waals surface area contributed by atoms with E-state index in [2.05, 4.69) is 25.9 Å². The second-order valence-corrected chi connectivity index (χ2v) is 4.05. The van der Waals surface area contributed by atoms with Crippen LogP contribution in [0.1, 0.15) is 52.9 Å². The van der Waals surface area contributed by atoms with Crippen molar-refractivity contribution in [3.8, 4) is 0 Å². The van der Waals surface area contributed by atoms with E-state index in [-0.39, 0.29) is 6.10 Å². The van der Waals surface area contributed by atoms with Crippen LogP contribution in [-0.4, -0.2) is 11.8 Å². The molecule has 13 heavy (non-hydrogen) atoms. The van der Waals surface area contributed by atoms with Gasteiger partial charge in [-0.1, -0.05) is 25.4 Å². The molecule has 0 heterocycles. The molecule has 1 rings (SSSR count). The van der Waals surface area contributed by atoms with Crippen molar-refractivity contribution in [3.05, 3.63) is 0 Å². The van der Waals surface area contributed by atoms with Crippen molar-refractivity contribution in [2.75, 3.05) is 0 Å². The van der Waals surface area contributed by atoms with Crippen molar-refractivity contribution in [3.63, 3.8) is 0 Å². The number of oxime groups is 1. The lowest BCUT2D eigenvalue weighted by molar-refractivity contribution is 0.0678. The van der Waals surface area contributed by atoms with Gasteiger partial charge in [0.15, 0.2) is 0 Å². The fraction of sp³-hybridized carbons (Fsp3) is 0.909. The molecule has 0 aromatic heterocycles. The van der Waals surface area contributed by atoms with E-state index < -0.39 is 0 Å². The zero-order chi connectivity index (χ0) is 9.68. The van der Waals surface area contributed by atoms with Crippen LogP contribution in [0.2, 0.25) is 0 Å². The Morgan fingerprint density at radius 3 is 2.92 bits per heavy atom. The van der Waals surface area contributed by atoms with Crippen LogP contribution < -0.4 is 0 Å². The van der Waals surface area contributed by atoms with Gasteiger partial charge in [0.25, 0.3) is 0 Å². The summed E-state index contributed by atoms with van der Waals surface area (Å²) in [6.07, 6.45) is 6.35. The lowest BCUT2D eigenvalue weighted by Gasteiger charge is -2.20. The molecule has 0 saturated heterocycles. The molecule has 0 amide bonds. The molecule has 0 bridgehead atoms. The van der Waals surface area contributed by atoms with E-state index >= 15 is 0 Å². The number of nitrogens with zero attached hydrogens (tertiary/aromatic N) is 1. The average molecular weight is 183 g/mol. The molecule has 1 saturated carbocycles. The molecule has 2 heteroatoms. The van der Waals surface area contributed by atoms with Gasteiger partial charge < -0.3 is 4.84 Å². The van der Waals surface area contributed by atoms with Gasteiger partial charge in [-0.2, -0.15) is 0 Å². The standard InChI is InChI=1S/C11H21NO/c1-4-10(3)13-12-11-8-6-5-7-9(11)2/h9-10H,4-8H2,1-3H3/b12-11-. The zero-order valence-electron chi connectivity index (χ0n) is 9.05. The summed E-state index contributed by atoms with van der Waals surface area (Å²) < 4.78 is 0. The van der Waals surface area contributed by atoms with Gasteiger partial charge in [0.05, 0.1) is 5.71 Å². The molecular weight excluding hydrogens is 162 g/mol. The Bertz CT molecular complexity index is 177. The Morgan fingerprint density at radius 1 is 1.54 bits per heavy atom. The van der Waals surface area contributed by atoms with E-state index in [1.807, 2.05) is 0 Å². The van der Waals surface area contributed by atoms with Crippen LogP contribution >= 0.6 is 0 Å². The summed E-state index contributed by atoms with van der Waals surface area (Å²) in [6.45, 7) is 6.44. The van der Waals surface area contributed by atoms with Gasteiger partial charge in [-0.3, -0.25) is 0 Å². The van der Waals surface area contributed by atoms with E-state index in [4.69, 9.17) is 4.84 Å². The first kappa shape index (κ1) is 10.6. The van der Waals surface area contributed by atoms with Crippen molar-refractivity contribution >= 4 is 5.71 Å². The first-order chi connectivity index (χ1) is 6.24. The molecule has 1 aliphatic rings. The quantitative estimate of drug-likeness (QED) is 0.615. The van der Waals surface area contributed by atoms with Crippen LogP contribution in [0.5, 0.6) is 0 Å². The Balaban J connectivity index is 2.39. The minimum Gasteiger partial charge on any atom is -0.393 e. The predicted molar refractivity (Wildman–Crippen MR) is 55.9 cm³/mol. The Morgan fingerprint density at radius 2 is 2.31 bits per heavy atom. The van der Waals surface area contributed by atoms with Crippen molar-refractivity contribution in [2.24, 2.45) is 11.1 Å². The maximum Gasteiger partial charge on any atom is 0.124 e. The van der Waals surface area contributed by atoms with Crippen molar-refractivity contribution in [1.29, 1.82) is 0 Å². The second kappa shape index (κ2) is 5.25. The van der Waals surface area contributed by atoms with Gasteiger partial charge in [-0.25, -0.2) is 0 Å². The molecule has 2 nitrogen and oxygen atoms in total. The fourth-order valence-electron chi connectivity index (χ4n) is 1.54. The molecule has 0 spiro atoms. The van der Waals surface area contributed by atoms with Crippen molar-refractivity contribution in [1.82, 2.24) is 0 Å². The molecule has 76 valence electrons. The average Bonchev–Trinajstić information content (AvgIpc) is 2.16. The Labute approximate surface area is 81.3 Å². The van der Waals surface area contributed by atoms with E-state index in [0.29, 0.717) is 5.92 Å². The van der Waals surface area contributed by atoms with Crippen molar-refractivity contribution < 1.29 is 4.84 Å². The molecule has 0 N–H and O–H groups in total. The summed E-state index contributed by atoms with van der Waals surface area (Å²) >= 11 is 0. The topological polar surface area (TPSA) is 21.6 Å². The van der Waals surface area contributed by atoms with Crippen LogP contribution in [0.3, 0.4) is 0 Å². The summed E-state index contributed by atoms with van der Waals surface area (Å²) in [7, 11) is 0.